The van der Waals surface area contributed by atoms with Gasteiger partial charge in [0.2, 0.25) is 0 Å². The molecule has 3 aliphatic carbocycles. The first-order valence-corrected chi connectivity index (χ1v) is 15.2. The highest BCUT2D eigenvalue weighted by molar-refractivity contribution is 7.18. The number of aromatic nitrogens is 2. The lowest BCUT2D eigenvalue weighted by atomic mass is 9.72. The quantitative estimate of drug-likeness (QED) is 0.225. The number of ether oxygens (including phenoxy) is 1. The molecule has 2 aromatic carbocycles. The maximum Gasteiger partial charge on any atom is 0.335 e. The number of aromatic carboxylic acids is 1. The summed E-state index contributed by atoms with van der Waals surface area (Å²) in [5, 5.41) is 27.6. The summed E-state index contributed by atoms with van der Waals surface area (Å²) in [6, 6.07) is 10.3. The molecule has 5 atom stereocenters. The molecular formula is C30H28Cl2N2O5S. The normalized spacial score (nSPS) is 27.9. The van der Waals surface area contributed by atoms with Crippen LogP contribution in [-0.4, -0.2) is 32.4 Å². The number of benzene rings is 2. The fraction of sp³-hybridized carbons (Fsp3) is 0.433. The van der Waals surface area contributed by atoms with Crippen molar-refractivity contribution in [2.75, 3.05) is 0 Å². The van der Waals surface area contributed by atoms with E-state index in [2.05, 4.69) is 12.1 Å². The molecule has 0 spiro atoms. The minimum absolute atomic E-state index is 0.00591. The Labute approximate surface area is 245 Å². The number of fused-ring (bicyclic) bond motifs is 3. The van der Waals surface area contributed by atoms with Gasteiger partial charge >= 0.3 is 5.97 Å². The van der Waals surface area contributed by atoms with Crippen LogP contribution < -0.4 is 0 Å². The molecule has 40 heavy (non-hydrogen) atoms. The van der Waals surface area contributed by atoms with Crippen molar-refractivity contribution in [2.45, 2.75) is 63.3 Å². The highest BCUT2D eigenvalue weighted by atomic mass is 35.5. The van der Waals surface area contributed by atoms with Gasteiger partial charge in [-0.1, -0.05) is 41.3 Å². The lowest BCUT2D eigenvalue weighted by Crippen LogP contribution is -2.45. The van der Waals surface area contributed by atoms with Crippen LogP contribution in [-0.2, 0) is 16.9 Å². The average molecular weight is 600 g/mol. The first-order chi connectivity index (χ1) is 19.2. The second-order valence-electron chi connectivity index (χ2n) is 11.5. The van der Waals surface area contributed by atoms with E-state index in [0.29, 0.717) is 57.6 Å². The summed E-state index contributed by atoms with van der Waals surface area (Å²) < 4.78 is 13.2. The molecule has 208 valence electrons. The number of hydrogen-bond acceptors (Lipinski definition) is 7. The maximum absolute atomic E-state index is 12.2. The van der Waals surface area contributed by atoms with E-state index in [1.165, 1.54) is 11.3 Å². The number of nitrogens with zero attached hydrogens (tertiary/aromatic N) is 2. The lowest BCUT2D eigenvalue weighted by molar-refractivity contribution is -0.120. The second-order valence-corrected chi connectivity index (χ2v) is 13.3. The fourth-order valence-corrected chi connectivity index (χ4v) is 8.68. The Kier molecular flexibility index (Phi) is 6.48. The third-order valence-corrected chi connectivity index (χ3v) is 10.8. The Morgan fingerprint density at radius 2 is 1.95 bits per heavy atom. The number of aliphatic hydroxyl groups is 1. The van der Waals surface area contributed by atoms with E-state index in [1.54, 1.807) is 30.3 Å². The van der Waals surface area contributed by atoms with E-state index in [4.69, 9.17) is 37.4 Å². The highest BCUT2D eigenvalue weighted by Crippen LogP contribution is 2.59. The zero-order valence-electron chi connectivity index (χ0n) is 21.8. The molecule has 0 amide bonds. The molecule has 3 aliphatic rings. The van der Waals surface area contributed by atoms with Gasteiger partial charge in [0.15, 0.2) is 0 Å². The first-order valence-electron chi connectivity index (χ1n) is 13.6. The second kappa shape index (κ2) is 9.81. The van der Waals surface area contributed by atoms with Gasteiger partial charge < -0.3 is 19.5 Å². The number of halogens is 2. The molecule has 7 nitrogen and oxygen atoms in total. The first kappa shape index (κ1) is 26.4. The van der Waals surface area contributed by atoms with Crippen LogP contribution in [0.5, 0.6) is 0 Å². The number of hydrogen-bond donors (Lipinski definition) is 2. The lowest BCUT2D eigenvalue weighted by Gasteiger charge is -2.42. The van der Waals surface area contributed by atoms with Gasteiger partial charge in [-0.25, -0.2) is 9.78 Å². The monoisotopic (exact) mass is 598 g/mol. The third-order valence-electron chi connectivity index (χ3n) is 9.00. The van der Waals surface area contributed by atoms with Crippen molar-refractivity contribution in [1.82, 2.24) is 10.1 Å². The molecule has 7 rings (SSSR count). The summed E-state index contributed by atoms with van der Waals surface area (Å²) in [7, 11) is 0. The van der Waals surface area contributed by atoms with Crippen LogP contribution >= 0.6 is 34.5 Å². The fourth-order valence-electron chi connectivity index (χ4n) is 6.86. The smallest absolute Gasteiger partial charge is 0.335 e. The Hall–Kier alpha value is -2.49. The summed E-state index contributed by atoms with van der Waals surface area (Å²) in [6.07, 6.45) is 4.39. The van der Waals surface area contributed by atoms with E-state index in [0.717, 1.165) is 40.8 Å². The van der Waals surface area contributed by atoms with E-state index < -0.39 is 11.6 Å². The van der Waals surface area contributed by atoms with Gasteiger partial charge in [-0.3, -0.25) is 0 Å². The molecular weight excluding hydrogens is 571 g/mol. The van der Waals surface area contributed by atoms with Crippen molar-refractivity contribution in [3.05, 3.63) is 68.3 Å². The Morgan fingerprint density at radius 1 is 1.18 bits per heavy atom. The van der Waals surface area contributed by atoms with Crippen LogP contribution in [0.2, 0.25) is 10.0 Å². The van der Waals surface area contributed by atoms with Crippen molar-refractivity contribution < 1.29 is 24.3 Å². The minimum atomic E-state index is -1.06. The minimum Gasteiger partial charge on any atom is -0.478 e. The topological polar surface area (TPSA) is 106 Å². The van der Waals surface area contributed by atoms with E-state index in [9.17, 15) is 15.0 Å². The predicted molar refractivity (Wildman–Crippen MR) is 153 cm³/mol. The van der Waals surface area contributed by atoms with Crippen molar-refractivity contribution in [3.8, 4) is 11.3 Å². The van der Waals surface area contributed by atoms with Gasteiger partial charge in [-0.15, -0.1) is 11.3 Å². The standard InChI is InChI=1S/C30H28Cl2N2O5S/c1-14-9-17-11-18(12-20(14)30(17,37)29-33-23-8-7-16(28(35)36)10-24(23)40-29)38-13-19-26(34-39-27(19)15-5-6-15)25-21(31)3-2-4-22(25)32/h2-4,7-8,10,14-15,17-18,20,37H,5-6,9,11-13H2,1H3,(H,35,36)/t14-,17+,18-,20+,30-/m0/s1. The maximum atomic E-state index is 12.2. The van der Waals surface area contributed by atoms with Crippen LogP contribution in [0.25, 0.3) is 21.5 Å². The number of carbonyl (C=O) groups is 1. The summed E-state index contributed by atoms with van der Waals surface area (Å²) >= 11 is 14.5. The molecule has 0 saturated heterocycles. The Balaban J connectivity index is 1.14. The molecule has 4 aromatic rings. The van der Waals surface area contributed by atoms with E-state index in [-0.39, 0.29) is 23.5 Å². The van der Waals surface area contributed by atoms with Crippen LogP contribution in [0.3, 0.4) is 0 Å². The highest BCUT2D eigenvalue weighted by Gasteiger charge is 2.59. The number of carboxylic acids is 1. The van der Waals surface area contributed by atoms with Gasteiger partial charge in [0.1, 0.15) is 22.1 Å². The summed E-state index contributed by atoms with van der Waals surface area (Å²) in [5.74, 6) is 0.506. The van der Waals surface area contributed by atoms with E-state index >= 15 is 0 Å². The van der Waals surface area contributed by atoms with Crippen molar-refractivity contribution >= 4 is 50.7 Å². The summed E-state index contributed by atoms with van der Waals surface area (Å²) in [4.78, 5) is 16.2. The molecule has 2 N–H and O–H groups in total. The average Bonchev–Trinajstić information content (AvgIpc) is 3.51. The molecule has 0 radical (unpaired) electrons. The van der Waals surface area contributed by atoms with Gasteiger partial charge in [0.05, 0.1) is 38.5 Å². The summed E-state index contributed by atoms with van der Waals surface area (Å²) in [6.45, 7) is 2.53. The van der Waals surface area contributed by atoms with Gasteiger partial charge in [-0.2, -0.15) is 0 Å². The predicted octanol–water partition coefficient (Wildman–Crippen LogP) is 7.67. The Morgan fingerprint density at radius 3 is 2.65 bits per heavy atom. The SMILES string of the molecule is C[C@H]1C[C@@H]2C[C@H](OCc3c(-c4c(Cl)cccc4Cl)noc3C3CC3)C[C@H]1[C@]2(O)c1nc2ccc(C(=O)O)cc2s1. The summed E-state index contributed by atoms with van der Waals surface area (Å²) in [5.41, 5.74) is 2.08. The molecule has 0 aliphatic heterocycles. The Bertz CT molecular complexity index is 1610. The van der Waals surface area contributed by atoms with Crippen molar-refractivity contribution in [1.29, 1.82) is 0 Å². The van der Waals surface area contributed by atoms with Gasteiger partial charge in [0, 0.05) is 17.0 Å². The zero-order valence-corrected chi connectivity index (χ0v) is 24.1. The zero-order chi connectivity index (χ0) is 27.8. The van der Waals surface area contributed by atoms with Crippen molar-refractivity contribution in [2.24, 2.45) is 17.8 Å². The molecule has 0 unspecified atom stereocenters. The van der Waals surface area contributed by atoms with Crippen LogP contribution in [0, 0.1) is 17.8 Å². The number of rotatable bonds is 7. The van der Waals surface area contributed by atoms with Crippen molar-refractivity contribution in [3.63, 3.8) is 0 Å². The van der Waals surface area contributed by atoms with Crippen LogP contribution in [0.15, 0.2) is 40.9 Å². The molecule has 2 bridgehead atoms. The third kappa shape index (κ3) is 4.27. The molecule has 10 heteroatoms. The van der Waals surface area contributed by atoms with Crippen LogP contribution in [0.1, 0.15) is 71.6 Å². The van der Waals surface area contributed by atoms with Gasteiger partial charge in [-0.05, 0) is 80.2 Å². The molecule has 2 heterocycles. The number of thiazole rings is 1. The largest absolute Gasteiger partial charge is 0.478 e. The molecule has 3 saturated carbocycles. The van der Waals surface area contributed by atoms with Gasteiger partial charge in [0.25, 0.3) is 0 Å². The van der Waals surface area contributed by atoms with E-state index in [1.807, 2.05) is 6.07 Å². The molecule has 2 aromatic heterocycles. The van der Waals surface area contributed by atoms with Crippen LogP contribution in [0.4, 0.5) is 0 Å². The number of carboxylic acid groups (broad SMARTS) is 1. The molecule has 3 fully saturated rings.